The second-order valence-electron chi connectivity index (χ2n) is 4.87. The van der Waals surface area contributed by atoms with Crippen molar-refractivity contribution in [3.05, 3.63) is 23.2 Å². The lowest BCUT2D eigenvalue weighted by Gasteiger charge is -2.08. The Kier molecular flexibility index (Phi) is 5.05. The van der Waals surface area contributed by atoms with E-state index in [1.165, 1.54) is 12.8 Å². The molecule has 0 spiro atoms. The molecule has 1 aromatic rings. The minimum Gasteiger partial charge on any atom is -0.397 e. The van der Waals surface area contributed by atoms with Crippen LogP contribution in [0.4, 0.5) is 11.4 Å². The number of benzene rings is 1. The highest BCUT2D eigenvalue weighted by atomic mass is 35.5. The lowest BCUT2D eigenvalue weighted by atomic mass is 10.2. The Morgan fingerprint density at radius 1 is 1.42 bits per heavy atom. The van der Waals surface area contributed by atoms with Crippen molar-refractivity contribution in [2.75, 3.05) is 24.3 Å². The number of halogens is 1. The highest BCUT2D eigenvalue weighted by Gasteiger charge is 2.20. The number of ether oxygens (including phenoxy) is 1. The normalized spacial score (nSPS) is 14.4. The molecule has 2 rings (SSSR count). The van der Waals surface area contributed by atoms with E-state index in [-0.39, 0.29) is 5.91 Å². The van der Waals surface area contributed by atoms with Crippen LogP contribution in [0.5, 0.6) is 0 Å². The van der Waals surface area contributed by atoms with Gasteiger partial charge in [0, 0.05) is 11.6 Å². The Bertz CT molecular complexity index is 447. The fraction of sp³-hybridized carbons (Fsp3) is 0.500. The van der Waals surface area contributed by atoms with E-state index in [4.69, 9.17) is 22.1 Å². The van der Waals surface area contributed by atoms with E-state index in [1.807, 2.05) is 0 Å². The van der Waals surface area contributed by atoms with Crippen LogP contribution in [-0.2, 0) is 9.53 Å². The number of nitrogens with one attached hydrogen (secondary N) is 1. The molecule has 0 heterocycles. The van der Waals surface area contributed by atoms with Crippen molar-refractivity contribution < 1.29 is 9.53 Å². The third-order valence-corrected chi connectivity index (χ3v) is 3.36. The zero-order chi connectivity index (χ0) is 13.7. The lowest BCUT2D eigenvalue weighted by Crippen LogP contribution is -2.15. The van der Waals surface area contributed by atoms with Crippen LogP contribution >= 0.6 is 11.6 Å². The van der Waals surface area contributed by atoms with Crippen LogP contribution in [0.25, 0.3) is 0 Å². The van der Waals surface area contributed by atoms with Gasteiger partial charge in [-0.2, -0.15) is 0 Å². The molecule has 1 fully saturated rings. The lowest BCUT2D eigenvalue weighted by molar-refractivity contribution is -0.117. The highest BCUT2D eigenvalue weighted by Crippen LogP contribution is 2.32. The summed E-state index contributed by atoms with van der Waals surface area (Å²) in [5, 5.41) is 3.30. The quantitative estimate of drug-likeness (QED) is 0.597. The van der Waals surface area contributed by atoms with Crippen LogP contribution in [0.15, 0.2) is 18.2 Å². The van der Waals surface area contributed by atoms with E-state index in [9.17, 15) is 4.79 Å². The van der Waals surface area contributed by atoms with Crippen molar-refractivity contribution in [2.45, 2.75) is 25.7 Å². The average Bonchev–Trinajstić information content (AvgIpc) is 3.16. The minimum absolute atomic E-state index is 0.0968. The van der Waals surface area contributed by atoms with Crippen LogP contribution in [0, 0.1) is 5.92 Å². The van der Waals surface area contributed by atoms with Crippen molar-refractivity contribution >= 4 is 28.9 Å². The van der Waals surface area contributed by atoms with Gasteiger partial charge in [-0.05, 0) is 30.5 Å². The van der Waals surface area contributed by atoms with Gasteiger partial charge in [0.25, 0.3) is 0 Å². The van der Waals surface area contributed by atoms with Gasteiger partial charge in [-0.25, -0.2) is 0 Å². The van der Waals surface area contributed by atoms with Crippen LogP contribution < -0.4 is 11.1 Å². The molecular formula is C14H19ClN2O2. The minimum atomic E-state index is -0.0968. The number of hydrogen-bond acceptors (Lipinski definition) is 3. The summed E-state index contributed by atoms with van der Waals surface area (Å²) in [6.45, 7) is 1.20. The van der Waals surface area contributed by atoms with Gasteiger partial charge in [0.1, 0.15) is 0 Å². The number of amides is 1. The second-order valence-corrected chi connectivity index (χ2v) is 5.31. The summed E-state index contributed by atoms with van der Waals surface area (Å²) in [4.78, 5) is 11.7. The Labute approximate surface area is 118 Å². The number of carbonyl (C=O) groups excluding carboxylic acids is 1. The summed E-state index contributed by atoms with van der Waals surface area (Å²) in [5.41, 5.74) is 6.81. The Balaban J connectivity index is 1.65. The largest absolute Gasteiger partial charge is 0.397 e. The first-order valence-corrected chi connectivity index (χ1v) is 6.95. The third kappa shape index (κ3) is 5.09. The van der Waals surface area contributed by atoms with Crippen molar-refractivity contribution in [1.82, 2.24) is 0 Å². The smallest absolute Gasteiger partial charge is 0.226 e. The fourth-order valence-corrected chi connectivity index (χ4v) is 1.96. The van der Waals surface area contributed by atoms with Crippen LogP contribution in [0.1, 0.15) is 25.7 Å². The first-order valence-electron chi connectivity index (χ1n) is 6.58. The number of nitrogens with two attached hydrogens (primary N) is 1. The molecule has 0 atom stereocenters. The van der Waals surface area contributed by atoms with Crippen LogP contribution in [0.3, 0.4) is 0 Å². The SMILES string of the molecule is Nc1cc(Cl)ccc1NC(=O)CCOCCC1CC1. The predicted molar refractivity (Wildman–Crippen MR) is 77.3 cm³/mol. The van der Waals surface area contributed by atoms with E-state index in [0.717, 1.165) is 18.9 Å². The van der Waals surface area contributed by atoms with Crippen molar-refractivity contribution in [3.63, 3.8) is 0 Å². The van der Waals surface area contributed by atoms with Gasteiger partial charge >= 0.3 is 0 Å². The zero-order valence-electron chi connectivity index (χ0n) is 10.8. The molecular weight excluding hydrogens is 264 g/mol. The topological polar surface area (TPSA) is 64.3 Å². The van der Waals surface area contributed by atoms with E-state index in [0.29, 0.717) is 29.4 Å². The average molecular weight is 283 g/mol. The maximum Gasteiger partial charge on any atom is 0.226 e. The molecule has 0 aliphatic heterocycles. The highest BCUT2D eigenvalue weighted by molar-refractivity contribution is 6.31. The molecule has 0 unspecified atom stereocenters. The molecule has 19 heavy (non-hydrogen) atoms. The number of rotatable bonds is 7. The number of hydrogen-bond donors (Lipinski definition) is 2. The van der Waals surface area contributed by atoms with Crippen LogP contribution in [-0.4, -0.2) is 19.1 Å². The predicted octanol–water partition coefficient (Wildman–Crippen LogP) is 3.07. The summed E-state index contributed by atoms with van der Waals surface area (Å²) in [7, 11) is 0. The molecule has 104 valence electrons. The number of anilines is 2. The van der Waals surface area contributed by atoms with Gasteiger partial charge in [-0.1, -0.05) is 24.4 Å². The molecule has 0 saturated heterocycles. The first kappa shape index (κ1) is 14.2. The summed E-state index contributed by atoms with van der Waals surface area (Å²) >= 11 is 5.79. The number of carbonyl (C=O) groups is 1. The molecule has 0 aromatic heterocycles. The molecule has 0 bridgehead atoms. The third-order valence-electron chi connectivity index (χ3n) is 3.13. The van der Waals surface area contributed by atoms with Gasteiger partial charge in [-0.15, -0.1) is 0 Å². The maximum atomic E-state index is 11.7. The van der Waals surface area contributed by atoms with E-state index < -0.39 is 0 Å². The van der Waals surface area contributed by atoms with Crippen molar-refractivity contribution in [1.29, 1.82) is 0 Å². The molecule has 0 radical (unpaired) electrons. The molecule has 1 amide bonds. The maximum absolute atomic E-state index is 11.7. The Morgan fingerprint density at radius 2 is 2.21 bits per heavy atom. The molecule has 1 aliphatic carbocycles. The molecule has 1 saturated carbocycles. The molecule has 5 heteroatoms. The van der Waals surface area contributed by atoms with Gasteiger partial charge < -0.3 is 15.8 Å². The zero-order valence-corrected chi connectivity index (χ0v) is 11.6. The molecule has 1 aliphatic rings. The van der Waals surface area contributed by atoms with Crippen molar-refractivity contribution in [2.24, 2.45) is 5.92 Å². The number of nitrogen functional groups attached to an aromatic ring is 1. The van der Waals surface area contributed by atoms with E-state index in [2.05, 4.69) is 5.32 Å². The summed E-state index contributed by atoms with van der Waals surface area (Å²) in [5.74, 6) is 0.767. The summed E-state index contributed by atoms with van der Waals surface area (Å²) in [6.07, 6.45) is 4.12. The fourth-order valence-electron chi connectivity index (χ4n) is 1.78. The van der Waals surface area contributed by atoms with Gasteiger partial charge in [0.05, 0.1) is 24.4 Å². The van der Waals surface area contributed by atoms with Crippen molar-refractivity contribution in [3.8, 4) is 0 Å². The first-order chi connectivity index (χ1) is 9.15. The summed E-state index contributed by atoms with van der Waals surface area (Å²) in [6, 6.07) is 5.01. The van der Waals surface area contributed by atoms with Gasteiger partial charge in [0.15, 0.2) is 0 Å². The molecule has 3 N–H and O–H groups in total. The van der Waals surface area contributed by atoms with E-state index in [1.54, 1.807) is 18.2 Å². The Morgan fingerprint density at radius 3 is 2.89 bits per heavy atom. The molecule has 4 nitrogen and oxygen atoms in total. The summed E-state index contributed by atoms with van der Waals surface area (Å²) < 4.78 is 5.43. The monoisotopic (exact) mass is 282 g/mol. The van der Waals surface area contributed by atoms with E-state index >= 15 is 0 Å². The van der Waals surface area contributed by atoms with Gasteiger partial charge in [0.2, 0.25) is 5.91 Å². The standard InChI is InChI=1S/C14H19ClN2O2/c15-11-3-4-13(12(16)9-11)17-14(18)6-8-19-7-5-10-1-2-10/h3-4,9-10H,1-2,5-8,16H2,(H,17,18). The van der Waals surface area contributed by atoms with Gasteiger partial charge in [-0.3, -0.25) is 4.79 Å². The Hall–Kier alpha value is -1.26. The molecule has 1 aromatic carbocycles. The van der Waals surface area contributed by atoms with Crippen LogP contribution in [0.2, 0.25) is 5.02 Å². The second kappa shape index (κ2) is 6.78.